The smallest absolute Gasteiger partial charge is 0.313 e. The maximum Gasteiger partial charge on any atom is 0.313 e. The Balaban J connectivity index is 2.00. The second-order valence-corrected chi connectivity index (χ2v) is 3.99. The molecule has 86 valence electrons. The zero-order chi connectivity index (χ0) is 11.5. The third kappa shape index (κ3) is 2.33. The Hall–Kier alpha value is -1.55. The van der Waals surface area contributed by atoms with Crippen LogP contribution in [0.25, 0.3) is 0 Å². The van der Waals surface area contributed by atoms with E-state index in [1.165, 1.54) is 0 Å². The minimum Gasteiger partial charge on any atom is -0.457 e. The maximum absolute atomic E-state index is 11.7. The number of nitrogen functional groups attached to an aromatic ring is 1. The first kappa shape index (κ1) is 11.0. The second kappa shape index (κ2) is 4.53. The number of nitrogens with two attached hydrogens (primary N) is 1. The molecule has 0 radical (unpaired) electrons. The van der Waals surface area contributed by atoms with Crippen LogP contribution in [0.4, 0.5) is 5.69 Å². The molecule has 0 bridgehead atoms. The van der Waals surface area contributed by atoms with E-state index in [0.717, 1.165) is 5.56 Å². The molecule has 0 amide bonds. The van der Waals surface area contributed by atoms with Gasteiger partial charge in [0.2, 0.25) is 0 Å². The number of hydrogen-bond donors (Lipinski definition) is 1. The molecule has 1 aromatic carbocycles. The minimum atomic E-state index is -0.288. The highest BCUT2D eigenvalue weighted by Crippen LogP contribution is 2.20. The number of ether oxygens (including phenoxy) is 2. The highest BCUT2D eigenvalue weighted by molar-refractivity contribution is 5.78. The number of hydrogen-bond acceptors (Lipinski definition) is 4. The van der Waals surface area contributed by atoms with Crippen LogP contribution in [0, 0.1) is 0 Å². The van der Waals surface area contributed by atoms with Gasteiger partial charge in [0.25, 0.3) is 0 Å². The molecule has 2 rings (SSSR count). The van der Waals surface area contributed by atoms with Gasteiger partial charge in [-0.3, -0.25) is 4.79 Å². The molecule has 0 saturated carbocycles. The quantitative estimate of drug-likeness (QED) is 0.617. The molecule has 4 heteroatoms. The van der Waals surface area contributed by atoms with Crippen molar-refractivity contribution in [3.8, 4) is 0 Å². The van der Waals surface area contributed by atoms with E-state index in [0.29, 0.717) is 18.9 Å². The van der Waals surface area contributed by atoms with Crippen LogP contribution in [-0.4, -0.2) is 25.3 Å². The fourth-order valence-corrected chi connectivity index (χ4v) is 1.51. The van der Waals surface area contributed by atoms with Crippen LogP contribution in [0.3, 0.4) is 0 Å². The lowest BCUT2D eigenvalue weighted by Gasteiger charge is -2.27. The Morgan fingerprint density at radius 2 is 2.31 bits per heavy atom. The Morgan fingerprint density at radius 3 is 2.88 bits per heavy atom. The fraction of sp³-hybridized carbons (Fsp3) is 0.417. The third-order valence-electron chi connectivity index (χ3n) is 2.65. The topological polar surface area (TPSA) is 61.5 Å². The van der Waals surface area contributed by atoms with Crippen molar-refractivity contribution in [1.29, 1.82) is 0 Å². The predicted octanol–water partition coefficient (Wildman–Crippen LogP) is 1.31. The van der Waals surface area contributed by atoms with Crippen molar-refractivity contribution in [3.63, 3.8) is 0 Å². The molecule has 1 fully saturated rings. The van der Waals surface area contributed by atoms with E-state index in [4.69, 9.17) is 15.2 Å². The van der Waals surface area contributed by atoms with Crippen molar-refractivity contribution in [1.82, 2.24) is 0 Å². The van der Waals surface area contributed by atoms with Gasteiger partial charge in [-0.2, -0.15) is 0 Å². The summed E-state index contributed by atoms with van der Waals surface area (Å²) in [5.41, 5.74) is 7.20. The highest BCUT2D eigenvalue weighted by Gasteiger charge is 2.26. The molecule has 0 aromatic heterocycles. The summed E-state index contributed by atoms with van der Waals surface area (Å²) in [5, 5.41) is 0. The van der Waals surface area contributed by atoms with Crippen LogP contribution in [-0.2, 0) is 14.3 Å². The summed E-state index contributed by atoms with van der Waals surface area (Å²) in [4.78, 5) is 11.7. The normalized spacial score (nSPS) is 17.6. The number of benzene rings is 1. The van der Waals surface area contributed by atoms with E-state index in [9.17, 15) is 4.79 Å². The average Bonchev–Trinajstić information content (AvgIpc) is 2.22. The number of carbonyl (C=O) groups excluding carboxylic acids is 1. The summed E-state index contributed by atoms with van der Waals surface area (Å²) >= 11 is 0. The largest absolute Gasteiger partial charge is 0.457 e. The summed E-state index contributed by atoms with van der Waals surface area (Å²) in [6.45, 7) is 2.83. The zero-order valence-corrected chi connectivity index (χ0v) is 9.18. The average molecular weight is 221 g/mol. The third-order valence-corrected chi connectivity index (χ3v) is 2.65. The first-order chi connectivity index (χ1) is 7.66. The summed E-state index contributed by atoms with van der Waals surface area (Å²) < 4.78 is 10.2. The molecule has 0 aliphatic carbocycles. The van der Waals surface area contributed by atoms with Crippen molar-refractivity contribution in [3.05, 3.63) is 29.8 Å². The summed E-state index contributed by atoms with van der Waals surface area (Å²) in [7, 11) is 0. The molecule has 1 atom stereocenters. The van der Waals surface area contributed by atoms with E-state index < -0.39 is 0 Å². The molecule has 1 aliphatic rings. The van der Waals surface area contributed by atoms with Gasteiger partial charge in [0.05, 0.1) is 19.1 Å². The van der Waals surface area contributed by atoms with E-state index in [1.807, 2.05) is 19.1 Å². The van der Waals surface area contributed by atoms with E-state index in [-0.39, 0.29) is 18.0 Å². The lowest BCUT2D eigenvalue weighted by Crippen LogP contribution is -2.38. The molecule has 0 spiro atoms. The molecular formula is C12H15NO3. The number of anilines is 1. The zero-order valence-electron chi connectivity index (χ0n) is 9.18. The SMILES string of the molecule is CC(C(=O)OC1COC1)c1cccc(N)c1. The molecular weight excluding hydrogens is 206 g/mol. The summed E-state index contributed by atoms with van der Waals surface area (Å²) in [6.07, 6.45) is -0.0731. The second-order valence-electron chi connectivity index (χ2n) is 3.99. The Labute approximate surface area is 94.3 Å². The lowest BCUT2D eigenvalue weighted by atomic mass is 10.0. The van der Waals surface area contributed by atoms with E-state index in [1.54, 1.807) is 12.1 Å². The van der Waals surface area contributed by atoms with Crippen LogP contribution in [0.1, 0.15) is 18.4 Å². The Morgan fingerprint density at radius 1 is 1.56 bits per heavy atom. The van der Waals surface area contributed by atoms with Crippen molar-refractivity contribution in [2.45, 2.75) is 18.9 Å². The van der Waals surface area contributed by atoms with Crippen LogP contribution >= 0.6 is 0 Å². The standard InChI is InChI=1S/C12H15NO3/c1-8(9-3-2-4-10(13)5-9)12(14)16-11-6-15-7-11/h2-5,8,11H,6-7,13H2,1H3. The highest BCUT2D eigenvalue weighted by atomic mass is 16.6. The molecule has 2 N–H and O–H groups in total. The molecule has 4 nitrogen and oxygen atoms in total. The van der Waals surface area contributed by atoms with Crippen molar-refractivity contribution < 1.29 is 14.3 Å². The van der Waals surface area contributed by atoms with Gasteiger partial charge in [0.15, 0.2) is 0 Å². The first-order valence-electron chi connectivity index (χ1n) is 5.30. The summed E-state index contributed by atoms with van der Waals surface area (Å²) in [6, 6.07) is 7.30. The summed E-state index contributed by atoms with van der Waals surface area (Å²) in [5.74, 6) is -0.511. The molecule has 1 unspecified atom stereocenters. The maximum atomic E-state index is 11.7. The van der Waals surface area contributed by atoms with Crippen molar-refractivity contribution >= 4 is 11.7 Å². The first-order valence-corrected chi connectivity index (χ1v) is 5.30. The van der Waals surface area contributed by atoms with Gasteiger partial charge < -0.3 is 15.2 Å². The molecule has 1 aromatic rings. The lowest BCUT2D eigenvalue weighted by molar-refractivity contribution is -0.173. The minimum absolute atomic E-state index is 0.0731. The molecule has 1 heterocycles. The fourth-order valence-electron chi connectivity index (χ4n) is 1.51. The van der Waals surface area contributed by atoms with Crippen molar-refractivity contribution in [2.24, 2.45) is 0 Å². The van der Waals surface area contributed by atoms with Gasteiger partial charge in [-0.15, -0.1) is 0 Å². The van der Waals surface area contributed by atoms with Gasteiger partial charge >= 0.3 is 5.97 Å². The Bertz CT molecular complexity index is 388. The molecule has 1 aliphatic heterocycles. The number of rotatable bonds is 3. The Kier molecular flexibility index (Phi) is 3.10. The number of esters is 1. The monoisotopic (exact) mass is 221 g/mol. The van der Waals surface area contributed by atoms with Crippen LogP contribution in [0.2, 0.25) is 0 Å². The van der Waals surface area contributed by atoms with Crippen LogP contribution in [0.15, 0.2) is 24.3 Å². The van der Waals surface area contributed by atoms with Gasteiger partial charge in [0.1, 0.15) is 6.10 Å². The van der Waals surface area contributed by atoms with E-state index >= 15 is 0 Å². The van der Waals surface area contributed by atoms with Crippen LogP contribution in [0.5, 0.6) is 0 Å². The van der Waals surface area contributed by atoms with Crippen LogP contribution < -0.4 is 5.73 Å². The van der Waals surface area contributed by atoms with Crippen molar-refractivity contribution in [2.75, 3.05) is 18.9 Å². The van der Waals surface area contributed by atoms with Gasteiger partial charge in [0, 0.05) is 5.69 Å². The predicted molar refractivity (Wildman–Crippen MR) is 60.0 cm³/mol. The van der Waals surface area contributed by atoms with Gasteiger partial charge in [-0.1, -0.05) is 12.1 Å². The number of carbonyl (C=O) groups is 1. The molecule has 16 heavy (non-hydrogen) atoms. The molecule has 1 saturated heterocycles. The van der Waals surface area contributed by atoms with Gasteiger partial charge in [-0.05, 0) is 24.6 Å². The van der Waals surface area contributed by atoms with E-state index in [2.05, 4.69) is 0 Å². The van der Waals surface area contributed by atoms with Gasteiger partial charge in [-0.25, -0.2) is 0 Å².